The second kappa shape index (κ2) is 8.55. The van der Waals surface area contributed by atoms with Crippen molar-refractivity contribution in [2.24, 2.45) is 0 Å². The number of carbonyl (C=O) groups is 1. The van der Waals surface area contributed by atoms with Gasteiger partial charge in [0.25, 0.3) is 0 Å². The zero-order valence-corrected chi connectivity index (χ0v) is 15.6. The van der Waals surface area contributed by atoms with Crippen LogP contribution in [-0.2, 0) is 11.2 Å². The second-order valence-corrected chi connectivity index (χ2v) is 6.07. The van der Waals surface area contributed by atoms with Gasteiger partial charge < -0.3 is 19.3 Å². The summed E-state index contributed by atoms with van der Waals surface area (Å²) < 4.78 is 15.6. The summed E-state index contributed by atoms with van der Waals surface area (Å²) in [7, 11) is 3.09. The number of benzene rings is 2. The standard InChI is InChI=1S/C19H18ClN3O4/c1-25-14-6-7-16(26-2)15(11-14)21-17(24)8-9-18-22-19(23-27-18)12-4-3-5-13(20)10-12/h3-7,10-11H,8-9H2,1-2H3,(H,21,24). The van der Waals surface area contributed by atoms with Gasteiger partial charge in [0.2, 0.25) is 17.6 Å². The zero-order valence-electron chi connectivity index (χ0n) is 14.9. The molecule has 0 saturated carbocycles. The predicted molar refractivity (Wildman–Crippen MR) is 101 cm³/mol. The van der Waals surface area contributed by atoms with Crippen LogP contribution in [0.3, 0.4) is 0 Å². The third kappa shape index (κ3) is 4.77. The Balaban J connectivity index is 1.62. The van der Waals surface area contributed by atoms with E-state index in [1.165, 1.54) is 7.11 Å². The van der Waals surface area contributed by atoms with Crippen LogP contribution in [0.2, 0.25) is 5.02 Å². The molecule has 0 radical (unpaired) electrons. The maximum absolute atomic E-state index is 12.3. The molecule has 3 aromatic rings. The van der Waals surface area contributed by atoms with Crippen LogP contribution in [0.15, 0.2) is 47.0 Å². The highest BCUT2D eigenvalue weighted by Crippen LogP contribution is 2.29. The zero-order chi connectivity index (χ0) is 19.2. The van der Waals surface area contributed by atoms with Crippen LogP contribution < -0.4 is 14.8 Å². The number of methoxy groups -OCH3 is 2. The van der Waals surface area contributed by atoms with Crippen molar-refractivity contribution < 1.29 is 18.8 Å². The summed E-state index contributed by atoms with van der Waals surface area (Å²) in [5.41, 5.74) is 1.29. The predicted octanol–water partition coefficient (Wildman–Crippen LogP) is 3.98. The summed E-state index contributed by atoms with van der Waals surface area (Å²) in [6.07, 6.45) is 0.489. The average Bonchev–Trinajstić information content (AvgIpc) is 3.15. The Morgan fingerprint density at radius 1 is 1.19 bits per heavy atom. The summed E-state index contributed by atoms with van der Waals surface area (Å²) in [4.78, 5) is 16.6. The minimum absolute atomic E-state index is 0.178. The van der Waals surface area contributed by atoms with Gasteiger partial charge in [-0.25, -0.2) is 0 Å². The fourth-order valence-electron chi connectivity index (χ4n) is 2.45. The molecule has 27 heavy (non-hydrogen) atoms. The Hall–Kier alpha value is -3.06. The van der Waals surface area contributed by atoms with Gasteiger partial charge in [0.1, 0.15) is 11.5 Å². The van der Waals surface area contributed by atoms with Gasteiger partial charge in [-0.05, 0) is 24.3 Å². The van der Waals surface area contributed by atoms with Crippen molar-refractivity contribution in [3.05, 3.63) is 53.4 Å². The molecule has 3 rings (SSSR count). The molecule has 1 heterocycles. The van der Waals surface area contributed by atoms with Gasteiger partial charge in [0, 0.05) is 29.5 Å². The van der Waals surface area contributed by atoms with Crippen molar-refractivity contribution in [2.75, 3.05) is 19.5 Å². The van der Waals surface area contributed by atoms with Crippen molar-refractivity contribution in [1.29, 1.82) is 0 Å². The maximum Gasteiger partial charge on any atom is 0.227 e. The number of aryl methyl sites for hydroxylation is 1. The number of hydrogen-bond donors (Lipinski definition) is 1. The number of anilines is 1. The van der Waals surface area contributed by atoms with Gasteiger partial charge in [-0.15, -0.1) is 0 Å². The lowest BCUT2D eigenvalue weighted by Gasteiger charge is -2.11. The van der Waals surface area contributed by atoms with E-state index in [-0.39, 0.29) is 12.3 Å². The molecular weight excluding hydrogens is 370 g/mol. The van der Waals surface area contributed by atoms with Gasteiger partial charge in [-0.1, -0.05) is 28.9 Å². The lowest BCUT2D eigenvalue weighted by atomic mass is 10.2. The molecule has 1 aromatic heterocycles. The van der Waals surface area contributed by atoms with Crippen LogP contribution in [0.4, 0.5) is 5.69 Å². The number of amides is 1. The highest BCUT2D eigenvalue weighted by Gasteiger charge is 2.13. The van der Waals surface area contributed by atoms with Crippen LogP contribution in [0, 0.1) is 0 Å². The first-order valence-corrected chi connectivity index (χ1v) is 8.57. The van der Waals surface area contributed by atoms with Gasteiger partial charge >= 0.3 is 0 Å². The lowest BCUT2D eigenvalue weighted by molar-refractivity contribution is -0.116. The Kier molecular flexibility index (Phi) is 5.93. The van der Waals surface area contributed by atoms with Crippen LogP contribution in [0.5, 0.6) is 11.5 Å². The average molecular weight is 388 g/mol. The van der Waals surface area contributed by atoms with Gasteiger partial charge in [-0.2, -0.15) is 4.98 Å². The van der Waals surface area contributed by atoms with E-state index in [1.54, 1.807) is 37.4 Å². The van der Waals surface area contributed by atoms with E-state index in [1.807, 2.05) is 12.1 Å². The summed E-state index contributed by atoms with van der Waals surface area (Å²) in [6, 6.07) is 12.3. The summed E-state index contributed by atoms with van der Waals surface area (Å²) in [5, 5.41) is 7.32. The minimum Gasteiger partial charge on any atom is -0.497 e. The van der Waals surface area contributed by atoms with E-state index in [4.69, 9.17) is 25.6 Å². The van der Waals surface area contributed by atoms with Crippen molar-refractivity contribution in [3.63, 3.8) is 0 Å². The lowest BCUT2D eigenvalue weighted by Crippen LogP contribution is -2.13. The SMILES string of the molecule is COc1ccc(OC)c(NC(=O)CCc2nc(-c3cccc(Cl)c3)no2)c1. The molecule has 7 nitrogen and oxygen atoms in total. The first-order valence-electron chi connectivity index (χ1n) is 8.19. The Morgan fingerprint density at radius 2 is 2.04 bits per heavy atom. The number of nitrogens with one attached hydrogen (secondary N) is 1. The summed E-state index contributed by atoms with van der Waals surface area (Å²) in [6.45, 7) is 0. The molecule has 1 amide bonds. The van der Waals surface area contributed by atoms with E-state index in [9.17, 15) is 4.79 Å². The van der Waals surface area contributed by atoms with Crippen LogP contribution in [0.1, 0.15) is 12.3 Å². The van der Waals surface area contributed by atoms with E-state index in [2.05, 4.69) is 15.5 Å². The number of aromatic nitrogens is 2. The normalized spacial score (nSPS) is 10.5. The number of rotatable bonds is 7. The fraction of sp³-hybridized carbons (Fsp3) is 0.211. The first kappa shape index (κ1) is 18.7. The Labute approximate surface area is 161 Å². The molecule has 0 saturated heterocycles. The summed E-state index contributed by atoms with van der Waals surface area (Å²) in [5.74, 6) is 1.77. The van der Waals surface area contributed by atoms with Gasteiger partial charge in [-0.3, -0.25) is 4.79 Å². The third-order valence-electron chi connectivity index (χ3n) is 3.80. The molecule has 0 aliphatic rings. The number of ether oxygens (including phenoxy) is 2. The molecule has 0 bridgehead atoms. The highest BCUT2D eigenvalue weighted by molar-refractivity contribution is 6.30. The molecule has 0 unspecified atom stereocenters. The third-order valence-corrected chi connectivity index (χ3v) is 4.03. The molecule has 1 N–H and O–H groups in total. The number of halogens is 1. The van der Waals surface area contributed by atoms with Crippen molar-refractivity contribution >= 4 is 23.2 Å². The number of nitrogens with zero attached hydrogens (tertiary/aromatic N) is 2. The fourth-order valence-corrected chi connectivity index (χ4v) is 2.64. The molecule has 140 valence electrons. The number of carbonyl (C=O) groups excluding carboxylic acids is 1. The van der Waals surface area contributed by atoms with E-state index >= 15 is 0 Å². The van der Waals surface area contributed by atoms with E-state index in [0.717, 1.165) is 5.56 Å². The Morgan fingerprint density at radius 3 is 2.78 bits per heavy atom. The molecular formula is C19H18ClN3O4. The number of hydrogen-bond acceptors (Lipinski definition) is 6. The van der Waals surface area contributed by atoms with Crippen LogP contribution in [-0.4, -0.2) is 30.3 Å². The van der Waals surface area contributed by atoms with Gasteiger partial charge in [0.05, 0.1) is 19.9 Å². The van der Waals surface area contributed by atoms with Crippen molar-refractivity contribution in [3.8, 4) is 22.9 Å². The molecule has 0 fully saturated rings. The molecule has 0 atom stereocenters. The molecule has 8 heteroatoms. The monoisotopic (exact) mass is 387 g/mol. The smallest absolute Gasteiger partial charge is 0.227 e. The molecule has 2 aromatic carbocycles. The topological polar surface area (TPSA) is 86.5 Å². The summed E-state index contributed by atoms with van der Waals surface area (Å²) >= 11 is 5.97. The van der Waals surface area contributed by atoms with E-state index < -0.39 is 0 Å². The van der Waals surface area contributed by atoms with Crippen LogP contribution in [0.25, 0.3) is 11.4 Å². The molecule has 0 aliphatic heterocycles. The molecule has 0 aliphatic carbocycles. The van der Waals surface area contributed by atoms with Crippen molar-refractivity contribution in [1.82, 2.24) is 10.1 Å². The van der Waals surface area contributed by atoms with Gasteiger partial charge in [0.15, 0.2) is 0 Å². The quantitative estimate of drug-likeness (QED) is 0.659. The Bertz CT molecular complexity index is 942. The maximum atomic E-state index is 12.3. The van der Waals surface area contributed by atoms with Crippen LogP contribution >= 0.6 is 11.6 Å². The minimum atomic E-state index is -0.205. The molecule has 0 spiro atoms. The second-order valence-electron chi connectivity index (χ2n) is 5.64. The van der Waals surface area contributed by atoms with E-state index in [0.29, 0.717) is 40.3 Å². The highest BCUT2D eigenvalue weighted by atomic mass is 35.5. The van der Waals surface area contributed by atoms with Crippen molar-refractivity contribution in [2.45, 2.75) is 12.8 Å². The largest absolute Gasteiger partial charge is 0.497 e. The first-order chi connectivity index (χ1) is 13.1.